The van der Waals surface area contributed by atoms with Crippen molar-refractivity contribution in [2.75, 3.05) is 26.8 Å². The number of methoxy groups -OCH3 is 1. The van der Waals surface area contributed by atoms with E-state index in [-0.39, 0.29) is 5.91 Å². The van der Waals surface area contributed by atoms with E-state index in [0.29, 0.717) is 12.5 Å². The van der Waals surface area contributed by atoms with E-state index in [1.165, 1.54) is 0 Å². The number of nitrogens with one attached hydrogen (secondary N) is 2. The Bertz CT molecular complexity index is 174. The van der Waals surface area contributed by atoms with Crippen LogP contribution >= 0.6 is 0 Å². The molecule has 0 bridgehead atoms. The Morgan fingerprint density at radius 3 is 3.07 bits per heavy atom. The molecule has 4 heteroatoms. The lowest BCUT2D eigenvalue weighted by Crippen LogP contribution is -2.35. The van der Waals surface area contributed by atoms with Crippen molar-refractivity contribution < 1.29 is 9.53 Å². The zero-order valence-corrected chi connectivity index (χ0v) is 8.84. The van der Waals surface area contributed by atoms with E-state index in [1.807, 2.05) is 0 Å². The van der Waals surface area contributed by atoms with Crippen molar-refractivity contribution in [2.45, 2.75) is 31.7 Å². The van der Waals surface area contributed by atoms with E-state index < -0.39 is 0 Å². The van der Waals surface area contributed by atoms with Crippen molar-refractivity contribution in [2.24, 2.45) is 0 Å². The summed E-state index contributed by atoms with van der Waals surface area (Å²) >= 11 is 0. The van der Waals surface area contributed by atoms with E-state index in [4.69, 9.17) is 4.74 Å². The molecule has 1 rings (SSSR count). The summed E-state index contributed by atoms with van der Waals surface area (Å²) < 4.78 is 4.95. The van der Waals surface area contributed by atoms with Crippen LogP contribution in [0.25, 0.3) is 0 Å². The van der Waals surface area contributed by atoms with Crippen LogP contribution in [-0.2, 0) is 9.53 Å². The Hall–Kier alpha value is -0.610. The van der Waals surface area contributed by atoms with Gasteiger partial charge in [0.1, 0.15) is 0 Å². The number of carbonyl (C=O) groups excluding carboxylic acids is 1. The van der Waals surface area contributed by atoms with Crippen LogP contribution in [0.2, 0.25) is 0 Å². The molecule has 1 aliphatic heterocycles. The lowest BCUT2D eigenvalue weighted by atomic mass is 10.2. The van der Waals surface area contributed by atoms with Gasteiger partial charge in [-0.15, -0.1) is 0 Å². The van der Waals surface area contributed by atoms with Gasteiger partial charge in [0.05, 0.1) is 0 Å². The first kappa shape index (κ1) is 11.5. The SMILES string of the molecule is COCCCCNCC1CCC(=O)N1. The van der Waals surface area contributed by atoms with Gasteiger partial charge in [0.25, 0.3) is 0 Å². The average molecular weight is 200 g/mol. The van der Waals surface area contributed by atoms with Gasteiger partial charge in [-0.05, 0) is 25.8 Å². The normalized spacial score (nSPS) is 21.2. The molecule has 1 unspecified atom stereocenters. The van der Waals surface area contributed by atoms with Crippen LogP contribution in [0.15, 0.2) is 0 Å². The summed E-state index contributed by atoms with van der Waals surface area (Å²) in [7, 11) is 1.72. The third-order valence-electron chi connectivity index (χ3n) is 2.43. The molecule has 82 valence electrons. The lowest BCUT2D eigenvalue weighted by molar-refractivity contribution is -0.119. The molecule has 0 aromatic heterocycles. The third kappa shape index (κ3) is 4.58. The van der Waals surface area contributed by atoms with Gasteiger partial charge in [0.15, 0.2) is 0 Å². The lowest BCUT2D eigenvalue weighted by Gasteiger charge is -2.10. The van der Waals surface area contributed by atoms with Crippen LogP contribution in [0.1, 0.15) is 25.7 Å². The molecule has 0 aliphatic carbocycles. The van der Waals surface area contributed by atoms with Gasteiger partial charge in [-0.25, -0.2) is 0 Å². The highest BCUT2D eigenvalue weighted by atomic mass is 16.5. The monoisotopic (exact) mass is 200 g/mol. The fourth-order valence-corrected chi connectivity index (χ4v) is 1.60. The zero-order valence-electron chi connectivity index (χ0n) is 8.84. The van der Waals surface area contributed by atoms with Crippen LogP contribution in [0.5, 0.6) is 0 Å². The van der Waals surface area contributed by atoms with Crippen molar-refractivity contribution in [3.63, 3.8) is 0 Å². The molecule has 1 amide bonds. The van der Waals surface area contributed by atoms with Crippen molar-refractivity contribution >= 4 is 5.91 Å². The summed E-state index contributed by atoms with van der Waals surface area (Å²) in [6.45, 7) is 2.75. The fraction of sp³-hybridized carbons (Fsp3) is 0.900. The second-order valence-electron chi connectivity index (χ2n) is 3.71. The molecule has 0 aromatic rings. The Kier molecular flexibility index (Phi) is 5.56. The Morgan fingerprint density at radius 1 is 1.57 bits per heavy atom. The Morgan fingerprint density at radius 2 is 2.43 bits per heavy atom. The molecule has 4 nitrogen and oxygen atoms in total. The molecule has 2 N–H and O–H groups in total. The molecule has 14 heavy (non-hydrogen) atoms. The van der Waals surface area contributed by atoms with Crippen LogP contribution in [0, 0.1) is 0 Å². The molecule has 1 atom stereocenters. The minimum Gasteiger partial charge on any atom is -0.385 e. The maximum absolute atomic E-state index is 10.9. The van der Waals surface area contributed by atoms with Crippen LogP contribution in [0.3, 0.4) is 0 Å². The number of carbonyl (C=O) groups is 1. The summed E-state index contributed by atoms with van der Waals surface area (Å²) in [5, 5.41) is 6.27. The van der Waals surface area contributed by atoms with Crippen LogP contribution in [-0.4, -0.2) is 38.8 Å². The van der Waals surface area contributed by atoms with E-state index in [1.54, 1.807) is 7.11 Å². The molecule has 0 spiro atoms. The molecule has 0 aromatic carbocycles. The summed E-state index contributed by atoms with van der Waals surface area (Å²) in [6, 6.07) is 0.352. The number of rotatable bonds is 7. The van der Waals surface area contributed by atoms with Crippen LogP contribution in [0.4, 0.5) is 0 Å². The summed E-state index contributed by atoms with van der Waals surface area (Å²) in [6.07, 6.45) is 3.90. The quantitative estimate of drug-likeness (QED) is 0.580. The molecular formula is C10H20N2O2. The van der Waals surface area contributed by atoms with Gasteiger partial charge in [-0.2, -0.15) is 0 Å². The van der Waals surface area contributed by atoms with Gasteiger partial charge >= 0.3 is 0 Å². The maximum atomic E-state index is 10.9. The molecule has 1 saturated heterocycles. The first-order valence-electron chi connectivity index (χ1n) is 5.32. The van der Waals surface area contributed by atoms with Crippen molar-refractivity contribution in [3.05, 3.63) is 0 Å². The molecule has 1 heterocycles. The molecule has 1 aliphatic rings. The first-order valence-corrected chi connectivity index (χ1v) is 5.32. The summed E-state index contributed by atoms with van der Waals surface area (Å²) in [5.74, 6) is 0.191. The Labute approximate surface area is 85.4 Å². The second kappa shape index (κ2) is 6.79. The number of hydrogen-bond acceptors (Lipinski definition) is 3. The van der Waals surface area contributed by atoms with E-state index in [2.05, 4.69) is 10.6 Å². The minimum absolute atomic E-state index is 0.191. The third-order valence-corrected chi connectivity index (χ3v) is 2.43. The predicted octanol–water partition coefficient (Wildman–Crippen LogP) is 0.281. The number of unbranched alkanes of at least 4 members (excludes halogenated alkanes) is 1. The van der Waals surface area contributed by atoms with E-state index >= 15 is 0 Å². The molecular weight excluding hydrogens is 180 g/mol. The minimum atomic E-state index is 0.191. The zero-order chi connectivity index (χ0) is 10.2. The smallest absolute Gasteiger partial charge is 0.220 e. The van der Waals surface area contributed by atoms with Crippen molar-refractivity contribution in [1.82, 2.24) is 10.6 Å². The highest BCUT2D eigenvalue weighted by Gasteiger charge is 2.19. The van der Waals surface area contributed by atoms with Crippen molar-refractivity contribution in [3.8, 4) is 0 Å². The largest absolute Gasteiger partial charge is 0.385 e. The van der Waals surface area contributed by atoms with E-state index in [9.17, 15) is 4.79 Å². The Balaban J connectivity index is 1.86. The van der Waals surface area contributed by atoms with E-state index in [0.717, 1.165) is 39.0 Å². The first-order chi connectivity index (χ1) is 6.83. The van der Waals surface area contributed by atoms with Crippen LogP contribution < -0.4 is 10.6 Å². The summed E-state index contributed by atoms with van der Waals surface area (Å²) in [4.78, 5) is 10.9. The second-order valence-corrected chi connectivity index (χ2v) is 3.71. The van der Waals surface area contributed by atoms with Gasteiger partial charge in [0.2, 0.25) is 5.91 Å². The fourth-order valence-electron chi connectivity index (χ4n) is 1.60. The number of amides is 1. The van der Waals surface area contributed by atoms with Gasteiger partial charge in [-0.1, -0.05) is 0 Å². The predicted molar refractivity (Wildman–Crippen MR) is 55.1 cm³/mol. The maximum Gasteiger partial charge on any atom is 0.220 e. The van der Waals surface area contributed by atoms with Gasteiger partial charge < -0.3 is 15.4 Å². The highest BCUT2D eigenvalue weighted by Crippen LogP contribution is 2.04. The highest BCUT2D eigenvalue weighted by molar-refractivity contribution is 5.78. The number of ether oxygens (including phenoxy) is 1. The molecule has 0 saturated carbocycles. The van der Waals surface area contributed by atoms with Gasteiger partial charge in [0, 0.05) is 32.7 Å². The standard InChI is InChI=1S/C10H20N2O2/c1-14-7-3-2-6-11-8-9-4-5-10(13)12-9/h9,11H,2-8H2,1H3,(H,12,13). The van der Waals surface area contributed by atoms with Gasteiger partial charge in [-0.3, -0.25) is 4.79 Å². The molecule has 0 radical (unpaired) electrons. The molecule has 1 fully saturated rings. The van der Waals surface area contributed by atoms with Crippen molar-refractivity contribution in [1.29, 1.82) is 0 Å². The summed E-state index contributed by atoms with van der Waals surface area (Å²) in [5.41, 5.74) is 0. The topological polar surface area (TPSA) is 50.4 Å². The average Bonchev–Trinajstić information content (AvgIpc) is 2.58. The number of hydrogen-bond donors (Lipinski definition) is 2.